The Bertz CT molecular complexity index is 816. The number of nitrogens with one attached hydrogen (secondary N) is 1. The van der Waals surface area contributed by atoms with Gasteiger partial charge in [0.1, 0.15) is 0 Å². The molecule has 2 fully saturated rings. The van der Waals surface area contributed by atoms with Crippen LogP contribution in [-0.2, 0) is 9.59 Å². The molecule has 2 aromatic rings. The fourth-order valence-electron chi connectivity index (χ4n) is 4.41. The molecule has 5 heteroatoms. The molecule has 1 N–H and O–H groups in total. The highest BCUT2D eigenvalue weighted by Gasteiger charge is 2.31. The lowest BCUT2D eigenvalue weighted by Gasteiger charge is -2.34. The molecule has 1 aromatic carbocycles. The zero-order valence-electron chi connectivity index (χ0n) is 15.7. The molecule has 2 aliphatic rings. The monoisotopic (exact) mass is 365 g/mol. The number of hydrogen-bond acceptors (Lipinski definition) is 3. The van der Waals surface area contributed by atoms with Crippen LogP contribution in [0, 0.1) is 11.8 Å². The van der Waals surface area contributed by atoms with Crippen molar-refractivity contribution in [1.82, 2.24) is 9.88 Å². The Hall–Kier alpha value is -2.43. The molecule has 1 saturated carbocycles. The SMILES string of the molecule is O=C(Nc1cccc2cccnc12)C1CCN(C(=O)C2CCCCC2)CC1. The molecular formula is C22H27N3O2. The molecule has 0 unspecified atom stereocenters. The van der Waals surface area contributed by atoms with Gasteiger partial charge in [0.05, 0.1) is 11.2 Å². The van der Waals surface area contributed by atoms with E-state index in [1.54, 1.807) is 6.20 Å². The van der Waals surface area contributed by atoms with Crippen LogP contribution in [0.1, 0.15) is 44.9 Å². The van der Waals surface area contributed by atoms with Crippen molar-refractivity contribution in [2.75, 3.05) is 18.4 Å². The van der Waals surface area contributed by atoms with Crippen LogP contribution in [0.5, 0.6) is 0 Å². The molecule has 5 nitrogen and oxygen atoms in total. The maximum absolute atomic E-state index is 12.7. The summed E-state index contributed by atoms with van der Waals surface area (Å²) < 4.78 is 0. The van der Waals surface area contributed by atoms with Gasteiger partial charge >= 0.3 is 0 Å². The first-order valence-electron chi connectivity index (χ1n) is 10.2. The summed E-state index contributed by atoms with van der Waals surface area (Å²) in [6, 6.07) is 9.72. The van der Waals surface area contributed by atoms with Gasteiger partial charge in [-0.3, -0.25) is 14.6 Å². The average molecular weight is 365 g/mol. The van der Waals surface area contributed by atoms with Gasteiger partial charge in [-0.25, -0.2) is 0 Å². The van der Waals surface area contributed by atoms with E-state index in [2.05, 4.69) is 10.3 Å². The van der Waals surface area contributed by atoms with Crippen molar-refractivity contribution in [3.8, 4) is 0 Å². The van der Waals surface area contributed by atoms with Gasteiger partial charge in [0.2, 0.25) is 11.8 Å². The van der Waals surface area contributed by atoms with E-state index in [4.69, 9.17) is 0 Å². The van der Waals surface area contributed by atoms with E-state index in [0.29, 0.717) is 19.0 Å². The average Bonchev–Trinajstić information content (AvgIpc) is 2.74. The van der Waals surface area contributed by atoms with E-state index < -0.39 is 0 Å². The third-order valence-corrected chi connectivity index (χ3v) is 6.02. The van der Waals surface area contributed by atoms with Gasteiger partial charge in [-0.15, -0.1) is 0 Å². The molecule has 1 aromatic heterocycles. The fraction of sp³-hybridized carbons (Fsp3) is 0.500. The molecular weight excluding hydrogens is 338 g/mol. The Kier molecular flexibility index (Phi) is 5.37. The summed E-state index contributed by atoms with van der Waals surface area (Å²) in [5.74, 6) is 0.523. The Balaban J connectivity index is 1.35. The second-order valence-electron chi connectivity index (χ2n) is 7.80. The van der Waals surface area contributed by atoms with Crippen molar-refractivity contribution in [2.24, 2.45) is 11.8 Å². The predicted molar refractivity (Wildman–Crippen MR) is 106 cm³/mol. The number of piperidine rings is 1. The Morgan fingerprint density at radius 3 is 2.44 bits per heavy atom. The zero-order chi connectivity index (χ0) is 18.6. The van der Waals surface area contributed by atoms with Crippen molar-refractivity contribution in [3.63, 3.8) is 0 Å². The van der Waals surface area contributed by atoms with Gasteiger partial charge in [-0.1, -0.05) is 37.5 Å². The van der Waals surface area contributed by atoms with Gasteiger partial charge in [0, 0.05) is 36.5 Å². The first-order valence-corrected chi connectivity index (χ1v) is 10.2. The van der Waals surface area contributed by atoms with Crippen LogP contribution in [0.15, 0.2) is 36.5 Å². The molecule has 0 spiro atoms. The van der Waals surface area contributed by atoms with Crippen LogP contribution in [0.3, 0.4) is 0 Å². The quantitative estimate of drug-likeness (QED) is 0.894. The van der Waals surface area contributed by atoms with Crippen molar-refractivity contribution in [1.29, 1.82) is 0 Å². The molecule has 4 rings (SSSR count). The number of rotatable bonds is 3. The summed E-state index contributed by atoms with van der Waals surface area (Å²) in [6.45, 7) is 1.39. The lowest BCUT2D eigenvalue weighted by Crippen LogP contribution is -2.44. The van der Waals surface area contributed by atoms with E-state index in [1.165, 1.54) is 19.3 Å². The number of fused-ring (bicyclic) bond motifs is 1. The number of anilines is 1. The number of carbonyl (C=O) groups is 2. The number of aromatic nitrogens is 1. The number of benzene rings is 1. The minimum Gasteiger partial charge on any atom is -0.342 e. The van der Waals surface area contributed by atoms with E-state index in [-0.39, 0.29) is 17.7 Å². The highest BCUT2D eigenvalue weighted by Crippen LogP contribution is 2.28. The third-order valence-electron chi connectivity index (χ3n) is 6.02. The van der Waals surface area contributed by atoms with E-state index in [1.807, 2.05) is 35.2 Å². The second-order valence-corrected chi connectivity index (χ2v) is 7.80. The van der Waals surface area contributed by atoms with Crippen LogP contribution in [0.25, 0.3) is 10.9 Å². The number of para-hydroxylation sites is 1. The van der Waals surface area contributed by atoms with Crippen molar-refractivity contribution >= 4 is 28.4 Å². The second kappa shape index (κ2) is 8.07. The minimum atomic E-state index is -0.0422. The van der Waals surface area contributed by atoms with Crippen LogP contribution < -0.4 is 5.32 Å². The van der Waals surface area contributed by atoms with Crippen molar-refractivity contribution in [3.05, 3.63) is 36.5 Å². The number of likely N-dealkylation sites (tertiary alicyclic amines) is 1. The fourth-order valence-corrected chi connectivity index (χ4v) is 4.41. The van der Waals surface area contributed by atoms with E-state index in [0.717, 1.165) is 42.3 Å². The summed E-state index contributed by atoms with van der Waals surface area (Å²) in [4.78, 5) is 31.8. The molecule has 1 aliphatic carbocycles. The predicted octanol–water partition coefficient (Wildman–Crippen LogP) is 3.99. The van der Waals surface area contributed by atoms with Crippen LogP contribution >= 0.6 is 0 Å². The number of amides is 2. The molecule has 0 bridgehead atoms. The standard InChI is InChI=1S/C22H27N3O2/c26-21(24-19-10-4-8-16-9-5-13-23-20(16)19)17-11-14-25(15-12-17)22(27)18-6-2-1-3-7-18/h4-5,8-10,13,17-18H,1-3,6-7,11-12,14-15H2,(H,24,26). The first kappa shape index (κ1) is 18.0. The molecule has 142 valence electrons. The van der Waals surface area contributed by atoms with Gasteiger partial charge in [-0.2, -0.15) is 0 Å². The lowest BCUT2D eigenvalue weighted by molar-refractivity contribution is -0.139. The van der Waals surface area contributed by atoms with E-state index in [9.17, 15) is 9.59 Å². The highest BCUT2D eigenvalue weighted by atomic mass is 16.2. The molecule has 0 radical (unpaired) electrons. The minimum absolute atomic E-state index is 0.0397. The summed E-state index contributed by atoms with van der Waals surface area (Å²) in [5, 5.41) is 4.07. The summed E-state index contributed by atoms with van der Waals surface area (Å²) in [6.07, 6.45) is 8.90. The molecule has 0 atom stereocenters. The zero-order valence-corrected chi connectivity index (χ0v) is 15.7. The van der Waals surface area contributed by atoms with Gasteiger partial charge in [0.25, 0.3) is 0 Å². The molecule has 27 heavy (non-hydrogen) atoms. The number of pyridine rings is 1. The van der Waals surface area contributed by atoms with E-state index >= 15 is 0 Å². The van der Waals surface area contributed by atoms with Gasteiger partial charge in [-0.05, 0) is 37.8 Å². The third kappa shape index (κ3) is 3.97. The largest absolute Gasteiger partial charge is 0.342 e. The molecule has 2 heterocycles. The van der Waals surface area contributed by atoms with Crippen molar-refractivity contribution < 1.29 is 9.59 Å². The number of hydrogen-bond donors (Lipinski definition) is 1. The maximum Gasteiger partial charge on any atom is 0.227 e. The molecule has 1 saturated heterocycles. The Morgan fingerprint density at radius 1 is 0.926 bits per heavy atom. The highest BCUT2D eigenvalue weighted by molar-refractivity contribution is 6.01. The molecule has 2 amide bonds. The summed E-state index contributed by atoms with van der Waals surface area (Å²) in [5.41, 5.74) is 1.58. The van der Waals surface area contributed by atoms with Gasteiger partial charge in [0.15, 0.2) is 0 Å². The maximum atomic E-state index is 12.7. The Labute approximate surface area is 160 Å². The topological polar surface area (TPSA) is 62.3 Å². The number of carbonyl (C=O) groups excluding carboxylic acids is 2. The Morgan fingerprint density at radius 2 is 1.67 bits per heavy atom. The van der Waals surface area contributed by atoms with Gasteiger partial charge < -0.3 is 10.2 Å². The summed E-state index contributed by atoms with van der Waals surface area (Å²) in [7, 11) is 0. The van der Waals surface area contributed by atoms with Crippen LogP contribution in [-0.4, -0.2) is 34.8 Å². The lowest BCUT2D eigenvalue weighted by atomic mass is 9.87. The first-order chi connectivity index (χ1) is 13.2. The van der Waals surface area contributed by atoms with Crippen LogP contribution in [0.4, 0.5) is 5.69 Å². The number of nitrogens with zero attached hydrogens (tertiary/aromatic N) is 2. The normalized spacial score (nSPS) is 19.2. The smallest absolute Gasteiger partial charge is 0.227 e. The summed E-state index contributed by atoms with van der Waals surface area (Å²) >= 11 is 0. The van der Waals surface area contributed by atoms with Crippen molar-refractivity contribution in [2.45, 2.75) is 44.9 Å². The van der Waals surface area contributed by atoms with Crippen LogP contribution in [0.2, 0.25) is 0 Å². The molecule has 1 aliphatic heterocycles.